The van der Waals surface area contributed by atoms with Crippen LogP contribution < -0.4 is 5.32 Å². The summed E-state index contributed by atoms with van der Waals surface area (Å²) in [6, 6.07) is 3.58. The molecule has 27 heavy (non-hydrogen) atoms. The summed E-state index contributed by atoms with van der Waals surface area (Å²) in [6.07, 6.45) is 6.34. The lowest BCUT2D eigenvalue weighted by Gasteiger charge is -2.28. The molecule has 0 atom stereocenters. The fourth-order valence-corrected chi connectivity index (χ4v) is 3.69. The molecule has 1 saturated carbocycles. The molecule has 0 bridgehead atoms. The van der Waals surface area contributed by atoms with Crippen molar-refractivity contribution < 1.29 is 19.1 Å². The topological polar surface area (TPSA) is 80.8 Å². The Hall–Kier alpha value is -2.02. The zero-order chi connectivity index (χ0) is 19.1. The number of ether oxygens (including phenoxy) is 2. The quantitative estimate of drug-likeness (QED) is 0.768. The number of nitrogens with one attached hydrogen (secondary N) is 1. The van der Waals surface area contributed by atoms with Crippen molar-refractivity contribution in [2.45, 2.75) is 51.2 Å². The molecule has 3 rings (SSSR count). The van der Waals surface area contributed by atoms with E-state index >= 15 is 0 Å². The van der Waals surface area contributed by atoms with Crippen molar-refractivity contribution in [3.63, 3.8) is 0 Å². The summed E-state index contributed by atoms with van der Waals surface area (Å²) in [5.41, 5.74) is 0.750. The number of hydrogen-bond acceptors (Lipinski definition) is 5. The van der Waals surface area contributed by atoms with Gasteiger partial charge >= 0.3 is 12.2 Å². The van der Waals surface area contributed by atoms with Gasteiger partial charge in [-0.3, -0.25) is 0 Å². The van der Waals surface area contributed by atoms with E-state index in [1.807, 2.05) is 6.07 Å². The summed E-state index contributed by atoms with van der Waals surface area (Å²) in [6.45, 7) is 2.35. The molecule has 7 nitrogen and oxygen atoms in total. The first-order valence-corrected chi connectivity index (χ1v) is 9.95. The van der Waals surface area contributed by atoms with Crippen LogP contribution in [-0.2, 0) is 16.0 Å². The molecule has 1 aromatic heterocycles. The first-order valence-electron chi connectivity index (χ1n) is 9.57. The zero-order valence-electron chi connectivity index (χ0n) is 15.4. The Morgan fingerprint density at radius 3 is 2.67 bits per heavy atom. The predicted octanol–water partition coefficient (Wildman–Crippen LogP) is 3.75. The van der Waals surface area contributed by atoms with Crippen LogP contribution in [0.5, 0.6) is 0 Å². The van der Waals surface area contributed by atoms with Crippen LogP contribution in [0.1, 0.15) is 44.1 Å². The Kier molecular flexibility index (Phi) is 7.15. The van der Waals surface area contributed by atoms with E-state index < -0.39 is 6.09 Å². The van der Waals surface area contributed by atoms with Crippen molar-refractivity contribution in [1.29, 1.82) is 0 Å². The second-order valence-electron chi connectivity index (χ2n) is 7.13. The van der Waals surface area contributed by atoms with Gasteiger partial charge in [0.15, 0.2) is 0 Å². The molecule has 0 aromatic carbocycles. The van der Waals surface area contributed by atoms with Crippen molar-refractivity contribution in [3.05, 3.63) is 29.0 Å². The minimum atomic E-state index is -0.446. The number of nitrogens with zero attached hydrogens (tertiary/aromatic N) is 2. The number of carbonyl (C=O) groups is 2. The second kappa shape index (κ2) is 9.78. The lowest BCUT2D eigenvalue weighted by Crippen LogP contribution is -2.33. The van der Waals surface area contributed by atoms with Gasteiger partial charge in [-0.05, 0) is 50.5 Å². The number of rotatable bonds is 5. The van der Waals surface area contributed by atoms with E-state index in [1.54, 1.807) is 17.2 Å². The van der Waals surface area contributed by atoms with Gasteiger partial charge in [0, 0.05) is 31.4 Å². The molecular formula is C19H26ClN3O4. The van der Waals surface area contributed by atoms with Gasteiger partial charge < -0.3 is 19.7 Å². The number of hydrogen-bond donors (Lipinski definition) is 1. The van der Waals surface area contributed by atoms with Crippen LogP contribution in [0, 0.1) is 5.92 Å². The van der Waals surface area contributed by atoms with Crippen LogP contribution in [0.4, 0.5) is 9.59 Å². The van der Waals surface area contributed by atoms with E-state index in [9.17, 15) is 9.59 Å². The standard InChI is InChI=1S/C19H26ClN3O4/c20-17-15(4-3-9-21-17)12-22-18(24)27-16-7-5-14(6-8-16)13-26-19(25)23-10-1-2-11-23/h3-4,9,14,16H,1-2,5-8,10-13H2,(H,22,24). The Labute approximate surface area is 164 Å². The molecule has 1 aliphatic heterocycles. The first kappa shape index (κ1) is 19.7. The number of likely N-dealkylation sites (tertiary alicyclic amines) is 1. The van der Waals surface area contributed by atoms with Gasteiger partial charge in [0.2, 0.25) is 0 Å². The van der Waals surface area contributed by atoms with Crippen molar-refractivity contribution in [2.24, 2.45) is 5.92 Å². The largest absolute Gasteiger partial charge is 0.449 e. The van der Waals surface area contributed by atoms with Gasteiger partial charge in [-0.25, -0.2) is 14.6 Å². The average molecular weight is 396 g/mol. The Morgan fingerprint density at radius 2 is 1.96 bits per heavy atom. The van der Waals surface area contributed by atoms with Crippen molar-refractivity contribution in [2.75, 3.05) is 19.7 Å². The summed E-state index contributed by atoms with van der Waals surface area (Å²) in [5, 5.41) is 3.09. The number of pyridine rings is 1. The predicted molar refractivity (Wildman–Crippen MR) is 100 cm³/mol. The highest BCUT2D eigenvalue weighted by Gasteiger charge is 2.26. The Morgan fingerprint density at radius 1 is 1.22 bits per heavy atom. The normalized spacial score (nSPS) is 22.3. The van der Waals surface area contributed by atoms with Crippen molar-refractivity contribution in [1.82, 2.24) is 15.2 Å². The molecule has 0 radical (unpaired) electrons. The molecular weight excluding hydrogens is 370 g/mol. The zero-order valence-corrected chi connectivity index (χ0v) is 16.1. The molecule has 1 saturated heterocycles. The molecule has 148 valence electrons. The summed E-state index contributed by atoms with van der Waals surface area (Å²) >= 11 is 5.97. The molecule has 0 unspecified atom stereocenters. The maximum absolute atomic E-state index is 12.0. The smallest absolute Gasteiger partial charge is 0.409 e. The number of halogens is 1. The van der Waals surface area contributed by atoms with E-state index in [-0.39, 0.29) is 18.7 Å². The fraction of sp³-hybridized carbons (Fsp3) is 0.632. The van der Waals surface area contributed by atoms with Crippen molar-refractivity contribution >= 4 is 23.8 Å². The maximum atomic E-state index is 12.0. The van der Waals surface area contributed by atoms with Gasteiger partial charge in [-0.15, -0.1) is 0 Å². The van der Waals surface area contributed by atoms with E-state index in [2.05, 4.69) is 10.3 Å². The summed E-state index contributed by atoms with van der Waals surface area (Å²) in [7, 11) is 0. The van der Waals surface area contributed by atoms with Crippen LogP contribution in [0.3, 0.4) is 0 Å². The first-order chi connectivity index (χ1) is 13.1. The summed E-state index contributed by atoms with van der Waals surface area (Å²) < 4.78 is 10.9. The number of amides is 2. The Bertz CT molecular complexity index is 644. The SMILES string of the molecule is O=C(NCc1cccnc1Cl)OC1CCC(COC(=O)N2CCCC2)CC1. The highest BCUT2D eigenvalue weighted by atomic mass is 35.5. The second-order valence-corrected chi connectivity index (χ2v) is 7.48. The van der Waals surface area contributed by atoms with E-state index in [1.165, 1.54) is 0 Å². The average Bonchev–Trinajstić information content (AvgIpc) is 3.21. The molecule has 1 N–H and O–H groups in total. The van der Waals surface area contributed by atoms with Gasteiger partial charge in [-0.2, -0.15) is 0 Å². The van der Waals surface area contributed by atoms with Crippen LogP contribution >= 0.6 is 11.6 Å². The molecule has 2 aliphatic rings. The number of aromatic nitrogens is 1. The minimum Gasteiger partial charge on any atom is -0.449 e. The van der Waals surface area contributed by atoms with E-state index in [0.29, 0.717) is 17.7 Å². The highest BCUT2D eigenvalue weighted by Crippen LogP contribution is 2.27. The summed E-state index contributed by atoms with van der Waals surface area (Å²) in [5.74, 6) is 0.341. The van der Waals surface area contributed by atoms with Gasteiger partial charge in [0.25, 0.3) is 0 Å². The molecule has 2 amide bonds. The third kappa shape index (κ3) is 5.99. The van der Waals surface area contributed by atoms with Gasteiger partial charge in [0.1, 0.15) is 11.3 Å². The lowest BCUT2D eigenvalue weighted by atomic mass is 9.88. The molecule has 2 heterocycles. The molecule has 2 fully saturated rings. The third-order valence-electron chi connectivity index (χ3n) is 5.13. The minimum absolute atomic E-state index is 0.0973. The monoisotopic (exact) mass is 395 g/mol. The Balaban J connectivity index is 1.31. The molecule has 1 aliphatic carbocycles. The van der Waals surface area contributed by atoms with Crippen LogP contribution in [-0.4, -0.2) is 47.9 Å². The molecule has 1 aromatic rings. The maximum Gasteiger partial charge on any atom is 0.409 e. The highest BCUT2D eigenvalue weighted by molar-refractivity contribution is 6.30. The van der Waals surface area contributed by atoms with Gasteiger partial charge in [0.05, 0.1) is 6.61 Å². The molecule has 0 spiro atoms. The van der Waals surface area contributed by atoms with Crippen molar-refractivity contribution in [3.8, 4) is 0 Å². The van der Waals surface area contributed by atoms with Crippen LogP contribution in [0.25, 0.3) is 0 Å². The van der Waals surface area contributed by atoms with Crippen LogP contribution in [0.2, 0.25) is 5.15 Å². The number of alkyl carbamates (subject to hydrolysis) is 1. The van der Waals surface area contributed by atoms with Gasteiger partial charge in [-0.1, -0.05) is 17.7 Å². The third-order valence-corrected chi connectivity index (χ3v) is 5.47. The summed E-state index contributed by atoms with van der Waals surface area (Å²) in [4.78, 5) is 29.6. The fourth-order valence-electron chi connectivity index (χ4n) is 3.51. The van der Waals surface area contributed by atoms with Crippen LogP contribution in [0.15, 0.2) is 18.3 Å². The lowest BCUT2D eigenvalue weighted by molar-refractivity contribution is 0.0442. The molecule has 8 heteroatoms. The van der Waals surface area contributed by atoms with E-state index in [0.717, 1.165) is 57.2 Å². The number of carbonyl (C=O) groups excluding carboxylic acids is 2. The van der Waals surface area contributed by atoms with E-state index in [4.69, 9.17) is 21.1 Å².